The SMILES string of the molecule is CCC(C)CC(CC)NCC(C)(O)c1cnn(C)c1. The zero-order valence-electron chi connectivity index (χ0n) is 13.0. The minimum Gasteiger partial charge on any atom is -0.384 e. The third-order valence-corrected chi connectivity index (χ3v) is 3.94. The number of aryl methyl sites for hydroxylation is 1. The smallest absolute Gasteiger partial charge is 0.102 e. The third-order valence-electron chi connectivity index (χ3n) is 3.94. The first-order valence-electron chi connectivity index (χ1n) is 7.33. The van der Waals surface area contributed by atoms with Crippen molar-refractivity contribution >= 4 is 0 Å². The summed E-state index contributed by atoms with van der Waals surface area (Å²) < 4.78 is 1.72. The molecule has 1 heterocycles. The van der Waals surface area contributed by atoms with E-state index in [1.165, 1.54) is 6.42 Å². The summed E-state index contributed by atoms with van der Waals surface area (Å²) in [6.07, 6.45) is 7.06. The van der Waals surface area contributed by atoms with E-state index in [4.69, 9.17) is 0 Å². The van der Waals surface area contributed by atoms with Crippen LogP contribution in [-0.2, 0) is 12.6 Å². The molecule has 3 unspecified atom stereocenters. The highest BCUT2D eigenvalue weighted by molar-refractivity contribution is 5.14. The maximum absolute atomic E-state index is 10.5. The molecule has 110 valence electrons. The quantitative estimate of drug-likeness (QED) is 0.760. The van der Waals surface area contributed by atoms with Crippen molar-refractivity contribution in [3.63, 3.8) is 0 Å². The molecular formula is C15H29N3O. The van der Waals surface area contributed by atoms with E-state index in [1.54, 1.807) is 10.9 Å². The van der Waals surface area contributed by atoms with Gasteiger partial charge in [0.25, 0.3) is 0 Å². The summed E-state index contributed by atoms with van der Waals surface area (Å²) in [5.41, 5.74) is -0.00202. The van der Waals surface area contributed by atoms with Gasteiger partial charge >= 0.3 is 0 Å². The van der Waals surface area contributed by atoms with Crippen LogP contribution >= 0.6 is 0 Å². The van der Waals surface area contributed by atoms with E-state index < -0.39 is 5.60 Å². The van der Waals surface area contributed by atoms with E-state index in [2.05, 4.69) is 31.2 Å². The van der Waals surface area contributed by atoms with Crippen LogP contribution in [0.4, 0.5) is 0 Å². The van der Waals surface area contributed by atoms with Crippen LogP contribution in [0.5, 0.6) is 0 Å². The number of hydrogen-bond acceptors (Lipinski definition) is 3. The number of aromatic nitrogens is 2. The van der Waals surface area contributed by atoms with Gasteiger partial charge in [-0.3, -0.25) is 4.68 Å². The molecule has 0 spiro atoms. The molecule has 0 aromatic carbocycles. The summed E-state index contributed by atoms with van der Waals surface area (Å²) in [7, 11) is 1.87. The van der Waals surface area contributed by atoms with Crippen LogP contribution in [0, 0.1) is 5.92 Å². The van der Waals surface area contributed by atoms with Crippen LogP contribution in [0.2, 0.25) is 0 Å². The van der Waals surface area contributed by atoms with Gasteiger partial charge in [-0.25, -0.2) is 0 Å². The molecule has 0 saturated carbocycles. The first-order valence-corrected chi connectivity index (χ1v) is 7.33. The molecule has 0 saturated heterocycles. The van der Waals surface area contributed by atoms with Gasteiger partial charge in [-0.2, -0.15) is 5.10 Å². The molecular weight excluding hydrogens is 238 g/mol. The molecule has 0 bridgehead atoms. The molecule has 19 heavy (non-hydrogen) atoms. The Morgan fingerprint density at radius 2 is 2.11 bits per heavy atom. The van der Waals surface area contributed by atoms with E-state index in [9.17, 15) is 5.11 Å². The lowest BCUT2D eigenvalue weighted by atomic mass is 9.95. The molecule has 2 N–H and O–H groups in total. The predicted molar refractivity (Wildman–Crippen MR) is 78.9 cm³/mol. The van der Waals surface area contributed by atoms with Crippen molar-refractivity contribution in [3.05, 3.63) is 18.0 Å². The zero-order valence-corrected chi connectivity index (χ0v) is 13.0. The minimum absolute atomic E-state index is 0.470. The molecule has 4 nitrogen and oxygen atoms in total. The predicted octanol–water partition coefficient (Wildman–Crippen LogP) is 2.43. The molecule has 3 atom stereocenters. The largest absolute Gasteiger partial charge is 0.384 e. The molecule has 0 aliphatic carbocycles. The highest BCUT2D eigenvalue weighted by Crippen LogP contribution is 2.20. The van der Waals surface area contributed by atoms with Crippen LogP contribution in [-0.4, -0.2) is 27.5 Å². The van der Waals surface area contributed by atoms with Crippen molar-refractivity contribution in [3.8, 4) is 0 Å². The monoisotopic (exact) mass is 267 g/mol. The van der Waals surface area contributed by atoms with E-state index in [0.717, 1.165) is 24.3 Å². The number of nitrogens with one attached hydrogen (secondary N) is 1. The summed E-state index contributed by atoms with van der Waals surface area (Å²) in [6.45, 7) is 9.10. The van der Waals surface area contributed by atoms with Gasteiger partial charge in [-0.05, 0) is 25.7 Å². The van der Waals surface area contributed by atoms with Gasteiger partial charge < -0.3 is 10.4 Å². The molecule has 0 amide bonds. The van der Waals surface area contributed by atoms with Crippen LogP contribution < -0.4 is 5.32 Å². The fraction of sp³-hybridized carbons (Fsp3) is 0.800. The van der Waals surface area contributed by atoms with E-state index in [1.807, 2.05) is 20.2 Å². The number of hydrogen-bond donors (Lipinski definition) is 2. The van der Waals surface area contributed by atoms with Gasteiger partial charge in [0.15, 0.2) is 0 Å². The summed E-state index contributed by atoms with van der Waals surface area (Å²) >= 11 is 0. The van der Waals surface area contributed by atoms with Gasteiger partial charge in [0.2, 0.25) is 0 Å². The lowest BCUT2D eigenvalue weighted by Crippen LogP contribution is -2.41. The Morgan fingerprint density at radius 3 is 2.58 bits per heavy atom. The first kappa shape index (κ1) is 16.2. The maximum Gasteiger partial charge on any atom is 0.102 e. The van der Waals surface area contributed by atoms with Crippen molar-refractivity contribution in [2.75, 3.05) is 6.54 Å². The van der Waals surface area contributed by atoms with Crippen LogP contribution in [0.3, 0.4) is 0 Å². The average Bonchev–Trinajstić information content (AvgIpc) is 2.81. The molecule has 1 aromatic rings. The number of nitrogens with zero attached hydrogens (tertiary/aromatic N) is 2. The van der Waals surface area contributed by atoms with Crippen LogP contribution in [0.25, 0.3) is 0 Å². The summed E-state index contributed by atoms with van der Waals surface area (Å²) in [5, 5.41) is 18.1. The van der Waals surface area contributed by atoms with Gasteiger partial charge in [0.05, 0.1) is 6.20 Å². The van der Waals surface area contributed by atoms with Crippen molar-refractivity contribution in [1.82, 2.24) is 15.1 Å². The Kier molecular flexibility index (Phi) is 6.01. The molecule has 4 heteroatoms. The van der Waals surface area contributed by atoms with Crippen LogP contribution in [0.15, 0.2) is 12.4 Å². The molecule has 1 rings (SSSR count). The lowest BCUT2D eigenvalue weighted by Gasteiger charge is -2.27. The van der Waals surface area contributed by atoms with E-state index >= 15 is 0 Å². The Morgan fingerprint density at radius 1 is 1.42 bits per heavy atom. The number of rotatable bonds is 8. The lowest BCUT2D eigenvalue weighted by molar-refractivity contribution is 0.0526. The molecule has 0 aliphatic heterocycles. The van der Waals surface area contributed by atoms with Gasteiger partial charge in [0, 0.05) is 31.4 Å². The summed E-state index contributed by atoms with van der Waals surface area (Å²) in [4.78, 5) is 0. The van der Waals surface area contributed by atoms with Gasteiger partial charge in [-0.15, -0.1) is 0 Å². The normalized spacial score (nSPS) is 18.0. The average molecular weight is 267 g/mol. The topological polar surface area (TPSA) is 50.1 Å². The molecule has 0 aliphatic rings. The second-order valence-electron chi connectivity index (χ2n) is 5.91. The Balaban J connectivity index is 2.53. The second-order valence-corrected chi connectivity index (χ2v) is 5.91. The Bertz CT molecular complexity index is 373. The summed E-state index contributed by atoms with van der Waals surface area (Å²) in [6, 6.07) is 0.470. The van der Waals surface area contributed by atoms with Crippen molar-refractivity contribution < 1.29 is 5.11 Å². The molecule has 0 radical (unpaired) electrons. The van der Waals surface area contributed by atoms with Crippen molar-refractivity contribution in [2.45, 2.75) is 58.6 Å². The van der Waals surface area contributed by atoms with E-state index in [-0.39, 0.29) is 0 Å². The Hall–Kier alpha value is -0.870. The fourth-order valence-corrected chi connectivity index (χ4v) is 2.19. The fourth-order valence-electron chi connectivity index (χ4n) is 2.19. The van der Waals surface area contributed by atoms with Crippen molar-refractivity contribution in [2.24, 2.45) is 13.0 Å². The summed E-state index contributed by atoms with van der Waals surface area (Å²) in [5.74, 6) is 0.723. The number of aliphatic hydroxyl groups is 1. The first-order chi connectivity index (χ1) is 8.89. The highest BCUT2D eigenvalue weighted by Gasteiger charge is 2.25. The third kappa shape index (κ3) is 4.96. The van der Waals surface area contributed by atoms with E-state index in [0.29, 0.717) is 12.6 Å². The standard InChI is InChI=1S/C15H29N3O/c1-6-12(3)8-14(7-2)16-11-15(4,19)13-9-17-18(5)10-13/h9-10,12,14,16,19H,6-8,11H2,1-5H3. The molecule has 0 fully saturated rings. The van der Waals surface area contributed by atoms with Gasteiger partial charge in [0.1, 0.15) is 5.60 Å². The highest BCUT2D eigenvalue weighted by atomic mass is 16.3. The molecule has 1 aromatic heterocycles. The zero-order chi connectivity index (χ0) is 14.5. The minimum atomic E-state index is -0.864. The van der Waals surface area contributed by atoms with Crippen molar-refractivity contribution in [1.29, 1.82) is 0 Å². The Labute approximate surface area is 117 Å². The maximum atomic E-state index is 10.5. The van der Waals surface area contributed by atoms with Gasteiger partial charge in [-0.1, -0.05) is 27.2 Å². The van der Waals surface area contributed by atoms with Crippen LogP contribution in [0.1, 0.15) is 52.5 Å². The second kappa shape index (κ2) is 7.06.